The standard InChI is InChI=1S/C18H33N5S.HI/c1-6-19-18(21-10-17-15(4)22-16(5)24-17)20-7-8-23-11-13(2)9-14(3)12-23;/h13-14H,6-12H2,1-5H3,(H2,19,20,21);1H. The number of aryl methyl sites for hydroxylation is 2. The maximum atomic E-state index is 4.72. The molecular weight excluding hydrogens is 445 g/mol. The summed E-state index contributed by atoms with van der Waals surface area (Å²) in [6.07, 6.45) is 1.36. The molecule has 0 bridgehead atoms. The van der Waals surface area contributed by atoms with Crippen LogP contribution in [0.1, 0.15) is 42.8 Å². The molecule has 2 heterocycles. The Morgan fingerprint density at radius 2 is 1.92 bits per heavy atom. The monoisotopic (exact) mass is 479 g/mol. The summed E-state index contributed by atoms with van der Waals surface area (Å²) in [5.41, 5.74) is 1.10. The van der Waals surface area contributed by atoms with Crippen LogP contribution in [0.5, 0.6) is 0 Å². The van der Waals surface area contributed by atoms with E-state index in [9.17, 15) is 0 Å². The molecule has 2 atom stereocenters. The summed E-state index contributed by atoms with van der Waals surface area (Å²) >= 11 is 1.74. The van der Waals surface area contributed by atoms with Crippen molar-refractivity contribution in [1.29, 1.82) is 0 Å². The molecule has 5 nitrogen and oxygen atoms in total. The molecule has 0 aromatic carbocycles. The van der Waals surface area contributed by atoms with Gasteiger partial charge in [0, 0.05) is 37.6 Å². The van der Waals surface area contributed by atoms with Crippen molar-refractivity contribution >= 4 is 41.3 Å². The quantitative estimate of drug-likeness (QED) is 0.373. The van der Waals surface area contributed by atoms with Gasteiger partial charge in [-0.15, -0.1) is 35.3 Å². The molecule has 0 amide bonds. The molecule has 0 spiro atoms. The zero-order valence-corrected chi connectivity index (χ0v) is 19.4. The first kappa shape index (κ1) is 22.6. The van der Waals surface area contributed by atoms with Crippen LogP contribution in [0.2, 0.25) is 0 Å². The average molecular weight is 479 g/mol. The van der Waals surface area contributed by atoms with Gasteiger partial charge in [-0.05, 0) is 39.0 Å². The first-order chi connectivity index (χ1) is 11.5. The number of aliphatic imine (C=N–C) groups is 1. The Labute approximate surface area is 174 Å². The van der Waals surface area contributed by atoms with Gasteiger partial charge in [-0.2, -0.15) is 0 Å². The number of thiazole rings is 1. The number of hydrogen-bond acceptors (Lipinski definition) is 4. The third kappa shape index (κ3) is 7.78. The predicted molar refractivity (Wildman–Crippen MR) is 119 cm³/mol. The molecule has 2 N–H and O–H groups in total. The van der Waals surface area contributed by atoms with Crippen molar-refractivity contribution in [3.63, 3.8) is 0 Å². The van der Waals surface area contributed by atoms with Crippen LogP contribution in [-0.2, 0) is 6.54 Å². The van der Waals surface area contributed by atoms with Crippen molar-refractivity contribution in [3.05, 3.63) is 15.6 Å². The van der Waals surface area contributed by atoms with Crippen LogP contribution in [0.15, 0.2) is 4.99 Å². The SMILES string of the molecule is CCNC(=NCc1sc(C)nc1C)NCCN1CC(C)CC(C)C1.I. The van der Waals surface area contributed by atoms with Crippen molar-refractivity contribution in [2.24, 2.45) is 16.8 Å². The maximum absolute atomic E-state index is 4.72. The maximum Gasteiger partial charge on any atom is 0.191 e. The lowest BCUT2D eigenvalue weighted by Gasteiger charge is -2.35. The molecule has 0 saturated carbocycles. The minimum Gasteiger partial charge on any atom is -0.357 e. The molecule has 25 heavy (non-hydrogen) atoms. The summed E-state index contributed by atoms with van der Waals surface area (Å²) in [7, 11) is 0. The average Bonchev–Trinajstić information content (AvgIpc) is 2.81. The summed E-state index contributed by atoms with van der Waals surface area (Å²) in [6, 6.07) is 0. The molecule has 1 aromatic rings. The lowest BCUT2D eigenvalue weighted by molar-refractivity contribution is 0.143. The number of likely N-dealkylation sites (tertiary alicyclic amines) is 1. The summed E-state index contributed by atoms with van der Waals surface area (Å²) < 4.78 is 0. The molecule has 144 valence electrons. The molecular formula is C18H34IN5S. The minimum atomic E-state index is 0. The number of halogens is 1. The van der Waals surface area contributed by atoms with Crippen molar-refractivity contribution < 1.29 is 0 Å². The first-order valence-electron chi connectivity index (χ1n) is 9.15. The Bertz CT molecular complexity index is 536. The number of aromatic nitrogens is 1. The number of nitrogens with zero attached hydrogens (tertiary/aromatic N) is 3. The number of nitrogens with one attached hydrogen (secondary N) is 2. The highest BCUT2D eigenvalue weighted by molar-refractivity contribution is 14.0. The van der Waals surface area contributed by atoms with Crippen molar-refractivity contribution in [2.45, 2.75) is 47.6 Å². The van der Waals surface area contributed by atoms with E-state index >= 15 is 0 Å². The van der Waals surface area contributed by atoms with E-state index < -0.39 is 0 Å². The van der Waals surface area contributed by atoms with E-state index in [1.165, 1.54) is 24.4 Å². The number of rotatable bonds is 6. The van der Waals surface area contributed by atoms with E-state index in [-0.39, 0.29) is 24.0 Å². The van der Waals surface area contributed by atoms with Gasteiger partial charge in [0.2, 0.25) is 0 Å². The lowest BCUT2D eigenvalue weighted by Crippen LogP contribution is -2.45. The fourth-order valence-electron chi connectivity index (χ4n) is 3.52. The first-order valence-corrected chi connectivity index (χ1v) is 9.97. The molecule has 7 heteroatoms. The fraction of sp³-hybridized carbons (Fsp3) is 0.778. The van der Waals surface area contributed by atoms with E-state index in [1.54, 1.807) is 11.3 Å². The second kappa shape index (κ2) is 11.3. The van der Waals surface area contributed by atoms with Crippen molar-refractivity contribution in [3.8, 4) is 0 Å². The van der Waals surface area contributed by atoms with E-state index in [1.807, 2.05) is 0 Å². The van der Waals surface area contributed by atoms with Crippen LogP contribution < -0.4 is 10.6 Å². The third-order valence-electron chi connectivity index (χ3n) is 4.39. The molecule has 2 unspecified atom stereocenters. The van der Waals surface area contributed by atoms with Gasteiger partial charge in [-0.1, -0.05) is 13.8 Å². The molecule has 0 radical (unpaired) electrons. The van der Waals surface area contributed by atoms with Gasteiger partial charge in [0.15, 0.2) is 5.96 Å². The predicted octanol–water partition coefficient (Wildman–Crippen LogP) is 3.41. The van der Waals surface area contributed by atoms with Crippen molar-refractivity contribution in [2.75, 3.05) is 32.7 Å². The largest absolute Gasteiger partial charge is 0.357 e. The third-order valence-corrected chi connectivity index (χ3v) is 5.45. The van der Waals surface area contributed by atoms with Crippen LogP contribution in [0.25, 0.3) is 0 Å². The summed E-state index contributed by atoms with van der Waals surface area (Å²) in [5.74, 6) is 2.53. The second-order valence-electron chi connectivity index (χ2n) is 7.07. The van der Waals surface area contributed by atoms with E-state index in [4.69, 9.17) is 4.99 Å². The molecule has 2 rings (SSSR count). The zero-order chi connectivity index (χ0) is 17.5. The molecule has 1 aliphatic rings. The molecule has 1 aromatic heterocycles. The molecule has 1 aliphatic heterocycles. The molecule has 0 aliphatic carbocycles. The second-order valence-corrected chi connectivity index (χ2v) is 8.36. The van der Waals surface area contributed by atoms with Gasteiger partial charge in [0.1, 0.15) is 0 Å². The van der Waals surface area contributed by atoms with Crippen LogP contribution in [0.4, 0.5) is 0 Å². The number of guanidine groups is 1. The fourth-order valence-corrected chi connectivity index (χ4v) is 4.38. The Kier molecular flexibility index (Phi) is 10.3. The normalized spacial score (nSPS) is 21.7. The molecule has 1 fully saturated rings. The van der Waals surface area contributed by atoms with Crippen LogP contribution in [-0.4, -0.2) is 48.6 Å². The van der Waals surface area contributed by atoms with Gasteiger partial charge in [-0.3, -0.25) is 0 Å². The van der Waals surface area contributed by atoms with E-state index in [2.05, 4.69) is 55.1 Å². The summed E-state index contributed by atoms with van der Waals surface area (Å²) in [5, 5.41) is 7.93. The van der Waals surface area contributed by atoms with Crippen molar-refractivity contribution in [1.82, 2.24) is 20.5 Å². The van der Waals surface area contributed by atoms with Gasteiger partial charge < -0.3 is 15.5 Å². The summed E-state index contributed by atoms with van der Waals surface area (Å²) in [4.78, 5) is 13.0. The lowest BCUT2D eigenvalue weighted by atomic mass is 9.92. The summed E-state index contributed by atoms with van der Waals surface area (Å²) in [6.45, 7) is 17.0. The topological polar surface area (TPSA) is 52.6 Å². The highest BCUT2D eigenvalue weighted by Crippen LogP contribution is 2.20. The Hall–Kier alpha value is -0.410. The van der Waals surface area contributed by atoms with Gasteiger partial charge in [0.25, 0.3) is 0 Å². The van der Waals surface area contributed by atoms with Crippen LogP contribution >= 0.6 is 35.3 Å². The number of piperidine rings is 1. The number of hydrogen-bond donors (Lipinski definition) is 2. The highest BCUT2D eigenvalue weighted by atomic mass is 127. The van der Waals surface area contributed by atoms with Crippen LogP contribution in [0.3, 0.4) is 0 Å². The Morgan fingerprint density at radius 1 is 1.24 bits per heavy atom. The molecule has 1 saturated heterocycles. The van der Waals surface area contributed by atoms with Crippen LogP contribution in [0, 0.1) is 25.7 Å². The zero-order valence-electron chi connectivity index (χ0n) is 16.3. The van der Waals surface area contributed by atoms with Gasteiger partial charge in [0.05, 0.1) is 17.2 Å². The Morgan fingerprint density at radius 3 is 2.48 bits per heavy atom. The smallest absolute Gasteiger partial charge is 0.191 e. The highest BCUT2D eigenvalue weighted by Gasteiger charge is 2.21. The van der Waals surface area contributed by atoms with Gasteiger partial charge in [-0.25, -0.2) is 9.98 Å². The minimum absolute atomic E-state index is 0. The van der Waals surface area contributed by atoms with E-state index in [0.29, 0.717) is 6.54 Å². The van der Waals surface area contributed by atoms with Gasteiger partial charge >= 0.3 is 0 Å². The Balaban J connectivity index is 0.00000312. The van der Waals surface area contributed by atoms with E-state index in [0.717, 1.165) is 48.1 Å².